The van der Waals surface area contributed by atoms with Crippen molar-refractivity contribution in [1.82, 2.24) is 5.32 Å². The van der Waals surface area contributed by atoms with Crippen LogP contribution < -0.4 is 16.5 Å². The maximum absolute atomic E-state index is 12.9. The molecule has 2 aliphatic rings. The number of nitrogens with two attached hydrogens (primary N) is 1. The largest absolute Gasteiger partial charge is 0.508 e. The van der Waals surface area contributed by atoms with Crippen LogP contribution in [0.2, 0.25) is 0 Å². The molecule has 8 nitrogen and oxygen atoms in total. The number of carboxylic acids is 1. The molecule has 0 aromatic heterocycles. The molecule has 0 fully saturated rings. The summed E-state index contributed by atoms with van der Waals surface area (Å²) in [6.45, 7) is 2.47. The van der Waals surface area contributed by atoms with E-state index < -0.39 is 5.97 Å². The number of amides is 1. The van der Waals surface area contributed by atoms with Crippen molar-refractivity contribution in [2.75, 3.05) is 18.1 Å². The number of nitrogens with one attached hydrogen (secondary N) is 1. The van der Waals surface area contributed by atoms with Crippen molar-refractivity contribution in [3.05, 3.63) is 75.9 Å². The number of phenolic OH excluding ortho intramolecular Hbond substituents is 1. The van der Waals surface area contributed by atoms with Gasteiger partial charge in [-0.15, -0.1) is 0 Å². The summed E-state index contributed by atoms with van der Waals surface area (Å²) in [5.74, 6) is 0.215. The second kappa shape index (κ2) is 10.8. The molecule has 0 saturated heterocycles. The second-order valence-electron chi connectivity index (χ2n) is 8.38. The maximum atomic E-state index is 12.9. The van der Waals surface area contributed by atoms with Gasteiger partial charge in [-0.05, 0) is 54.4 Å². The van der Waals surface area contributed by atoms with Crippen LogP contribution in [0.3, 0.4) is 0 Å². The summed E-state index contributed by atoms with van der Waals surface area (Å²) in [7, 11) is 0. The topological polar surface area (TPSA) is 143 Å². The lowest BCUT2D eigenvalue weighted by molar-refractivity contribution is 0.0697. The summed E-state index contributed by atoms with van der Waals surface area (Å²) < 4.78 is 5.85. The molecule has 0 spiro atoms. The van der Waals surface area contributed by atoms with Gasteiger partial charge in [0.25, 0.3) is 5.91 Å². The van der Waals surface area contributed by atoms with E-state index in [4.69, 9.17) is 10.2 Å². The summed E-state index contributed by atoms with van der Waals surface area (Å²) >= 11 is 1.66. The number of phenols is 1. The molecule has 2 aromatic rings. The van der Waals surface area contributed by atoms with Gasteiger partial charge in [-0.25, -0.2) is 4.79 Å². The third kappa shape index (κ3) is 5.37. The fraction of sp³-hybridized carbons (Fsp3) is 0.222. The standard InChI is InChI=1S/C27H26N2O6S/c1-2-16(28)14-36-10-9-29-26(32)15-3-6-19(27(33)34)22(11-15)25-20-7-4-17(30)12-23(20)35-24-13-18(31)5-8-21(24)25/h3-8,11-13,16,30H,2,9-10,14,28H2,1H3,(H,29,32)(H,33,34)/t16-/m1/s1. The van der Waals surface area contributed by atoms with Crippen LogP contribution in [0.25, 0.3) is 33.4 Å². The van der Waals surface area contributed by atoms with Crippen LogP contribution in [0, 0.1) is 0 Å². The van der Waals surface area contributed by atoms with Crippen LogP contribution in [0.15, 0.2) is 63.8 Å². The Morgan fingerprint density at radius 2 is 1.89 bits per heavy atom. The van der Waals surface area contributed by atoms with Gasteiger partial charge in [0.1, 0.15) is 17.1 Å². The van der Waals surface area contributed by atoms with E-state index >= 15 is 0 Å². The van der Waals surface area contributed by atoms with Gasteiger partial charge in [0.15, 0.2) is 5.43 Å². The van der Waals surface area contributed by atoms with Crippen molar-refractivity contribution < 1.29 is 24.2 Å². The minimum Gasteiger partial charge on any atom is -0.508 e. The number of thioether (sulfide) groups is 1. The van der Waals surface area contributed by atoms with Crippen molar-refractivity contribution >= 4 is 34.6 Å². The lowest BCUT2D eigenvalue weighted by Crippen LogP contribution is -2.27. The summed E-state index contributed by atoms with van der Waals surface area (Å²) in [5.41, 5.74) is 7.50. The maximum Gasteiger partial charge on any atom is 0.336 e. The number of hydrogen-bond acceptors (Lipinski definition) is 7. The molecule has 1 amide bonds. The summed E-state index contributed by atoms with van der Waals surface area (Å²) in [6, 6.07) is 13.2. The summed E-state index contributed by atoms with van der Waals surface area (Å²) in [4.78, 5) is 37.0. The predicted octanol–water partition coefficient (Wildman–Crippen LogP) is 4.17. The molecule has 4 rings (SSSR count). The predicted molar refractivity (Wildman–Crippen MR) is 141 cm³/mol. The SMILES string of the molecule is CC[C@@H](N)CSCCNC(=O)c1ccc(C(=O)O)c(-c2c3ccc(=O)cc-3oc3cc(O)ccc23)c1. The number of benzene rings is 3. The number of carbonyl (C=O) groups is 2. The monoisotopic (exact) mass is 506 g/mol. The van der Waals surface area contributed by atoms with Crippen LogP contribution in [-0.4, -0.2) is 46.2 Å². The number of carbonyl (C=O) groups excluding carboxylic acids is 1. The average molecular weight is 507 g/mol. The molecule has 0 unspecified atom stereocenters. The third-order valence-electron chi connectivity index (χ3n) is 5.85. The van der Waals surface area contributed by atoms with Gasteiger partial charge in [0.05, 0.1) is 5.56 Å². The molecular weight excluding hydrogens is 480 g/mol. The Balaban J connectivity index is 1.77. The molecule has 0 bridgehead atoms. The summed E-state index contributed by atoms with van der Waals surface area (Å²) in [5, 5.41) is 23.3. The highest BCUT2D eigenvalue weighted by atomic mass is 32.2. The zero-order chi connectivity index (χ0) is 25.8. The van der Waals surface area contributed by atoms with Gasteiger partial charge in [0, 0.05) is 58.3 Å². The second-order valence-corrected chi connectivity index (χ2v) is 9.53. The molecule has 36 heavy (non-hydrogen) atoms. The Labute approximate surface area is 211 Å². The van der Waals surface area contributed by atoms with E-state index in [9.17, 15) is 24.6 Å². The Hall–Kier alpha value is -3.82. The Morgan fingerprint density at radius 1 is 1.08 bits per heavy atom. The van der Waals surface area contributed by atoms with Crippen molar-refractivity contribution in [2.24, 2.45) is 5.73 Å². The first kappa shape index (κ1) is 25.3. The minimum atomic E-state index is -1.16. The zero-order valence-corrected chi connectivity index (χ0v) is 20.4. The van der Waals surface area contributed by atoms with E-state index in [-0.39, 0.29) is 40.0 Å². The first-order valence-corrected chi connectivity index (χ1v) is 12.6. The molecule has 5 N–H and O–H groups in total. The molecule has 0 radical (unpaired) electrons. The van der Waals surface area contributed by atoms with E-state index in [1.165, 1.54) is 42.5 Å². The molecule has 1 heterocycles. The fourth-order valence-electron chi connectivity index (χ4n) is 3.92. The number of carboxylic acid groups (broad SMARTS) is 1. The van der Waals surface area contributed by atoms with Gasteiger partial charge in [-0.3, -0.25) is 9.59 Å². The van der Waals surface area contributed by atoms with Gasteiger partial charge in [-0.1, -0.05) is 6.92 Å². The first-order valence-electron chi connectivity index (χ1n) is 11.5. The quantitative estimate of drug-likeness (QED) is 0.196. The molecule has 186 valence electrons. The normalized spacial score (nSPS) is 12.1. The fourth-order valence-corrected chi connectivity index (χ4v) is 4.87. The van der Waals surface area contributed by atoms with E-state index in [2.05, 4.69) is 5.32 Å². The van der Waals surface area contributed by atoms with Gasteiger partial charge in [-0.2, -0.15) is 11.8 Å². The Bertz CT molecular complexity index is 1460. The minimum absolute atomic E-state index is 0.0104. The van der Waals surface area contributed by atoms with E-state index in [1.54, 1.807) is 23.9 Å². The van der Waals surface area contributed by atoms with Crippen molar-refractivity contribution in [2.45, 2.75) is 19.4 Å². The number of hydrogen-bond donors (Lipinski definition) is 4. The highest BCUT2D eigenvalue weighted by molar-refractivity contribution is 7.99. The highest BCUT2D eigenvalue weighted by Gasteiger charge is 2.23. The van der Waals surface area contributed by atoms with E-state index in [1.807, 2.05) is 6.92 Å². The first-order chi connectivity index (χ1) is 17.3. The third-order valence-corrected chi connectivity index (χ3v) is 7.00. The van der Waals surface area contributed by atoms with Crippen LogP contribution in [-0.2, 0) is 0 Å². The molecule has 9 heteroatoms. The van der Waals surface area contributed by atoms with Crippen molar-refractivity contribution in [3.63, 3.8) is 0 Å². The van der Waals surface area contributed by atoms with Crippen LogP contribution >= 0.6 is 11.8 Å². The van der Waals surface area contributed by atoms with Crippen molar-refractivity contribution in [3.8, 4) is 28.2 Å². The van der Waals surface area contributed by atoms with Crippen LogP contribution in [0.4, 0.5) is 0 Å². The number of fused-ring (bicyclic) bond motifs is 2. The molecule has 2 aromatic carbocycles. The molecular formula is C27H26N2O6S. The molecule has 0 saturated carbocycles. The van der Waals surface area contributed by atoms with Crippen LogP contribution in [0.5, 0.6) is 5.75 Å². The van der Waals surface area contributed by atoms with Crippen molar-refractivity contribution in [1.29, 1.82) is 0 Å². The Morgan fingerprint density at radius 3 is 2.64 bits per heavy atom. The number of rotatable bonds is 9. The van der Waals surface area contributed by atoms with E-state index in [0.717, 1.165) is 12.2 Å². The van der Waals surface area contributed by atoms with Crippen LogP contribution in [0.1, 0.15) is 34.1 Å². The smallest absolute Gasteiger partial charge is 0.336 e. The number of aromatic hydroxyl groups is 1. The van der Waals surface area contributed by atoms with E-state index in [0.29, 0.717) is 39.9 Å². The Kier molecular flexibility index (Phi) is 7.61. The van der Waals surface area contributed by atoms with Gasteiger partial charge < -0.3 is 25.7 Å². The lowest BCUT2D eigenvalue weighted by atomic mass is 9.89. The molecule has 1 atom stereocenters. The zero-order valence-electron chi connectivity index (χ0n) is 19.6. The number of aromatic carboxylic acids is 1. The highest BCUT2D eigenvalue weighted by Crippen LogP contribution is 2.42. The lowest BCUT2D eigenvalue weighted by Gasteiger charge is -2.17. The average Bonchev–Trinajstić information content (AvgIpc) is 2.86. The summed E-state index contributed by atoms with van der Waals surface area (Å²) in [6.07, 6.45) is 0.893. The van der Waals surface area contributed by atoms with Gasteiger partial charge >= 0.3 is 5.97 Å². The molecule has 1 aliphatic carbocycles. The van der Waals surface area contributed by atoms with Gasteiger partial charge in [0.2, 0.25) is 0 Å². The molecule has 1 aliphatic heterocycles.